The van der Waals surface area contributed by atoms with Crippen LogP contribution in [0.1, 0.15) is 33.5 Å². The minimum absolute atomic E-state index is 0.0628. The van der Waals surface area contributed by atoms with E-state index in [1.54, 1.807) is 0 Å². The Balaban J connectivity index is 2.64. The van der Waals surface area contributed by atoms with Crippen molar-refractivity contribution in [3.05, 3.63) is 34.6 Å². The van der Waals surface area contributed by atoms with Gasteiger partial charge in [0.2, 0.25) is 0 Å². The predicted molar refractivity (Wildman–Crippen MR) is 84.1 cm³/mol. The Kier molecular flexibility index (Phi) is 3.72. The van der Waals surface area contributed by atoms with E-state index < -0.39 is 0 Å². The highest BCUT2D eigenvalue weighted by atomic mass is 79.9. The third-order valence-corrected chi connectivity index (χ3v) is 3.56. The van der Waals surface area contributed by atoms with E-state index in [1.165, 1.54) is 0 Å². The predicted octanol–water partition coefficient (Wildman–Crippen LogP) is 4.21. The first kappa shape index (κ1) is 14.1. The lowest BCUT2D eigenvalue weighted by Gasteiger charge is -2.24. The van der Waals surface area contributed by atoms with Crippen molar-refractivity contribution in [2.45, 2.75) is 39.7 Å². The number of anilines is 1. The minimum Gasteiger partial charge on any atom is -0.383 e. The average molecular weight is 322 g/mol. The van der Waals surface area contributed by atoms with Gasteiger partial charge < -0.3 is 10.3 Å². The molecule has 19 heavy (non-hydrogen) atoms. The molecule has 0 amide bonds. The lowest BCUT2D eigenvalue weighted by Crippen LogP contribution is -2.25. The van der Waals surface area contributed by atoms with Gasteiger partial charge in [-0.2, -0.15) is 0 Å². The maximum atomic E-state index is 6.33. The molecular weight excluding hydrogens is 302 g/mol. The van der Waals surface area contributed by atoms with Crippen LogP contribution in [0.3, 0.4) is 0 Å². The summed E-state index contributed by atoms with van der Waals surface area (Å²) in [6, 6.07) is 8.09. The summed E-state index contributed by atoms with van der Waals surface area (Å²) in [5.41, 5.74) is 8.18. The van der Waals surface area contributed by atoms with Gasteiger partial charge in [0.05, 0.1) is 0 Å². The summed E-state index contributed by atoms with van der Waals surface area (Å²) in [6.07, 6.45) is 0.871. The number of benzene rings is 1. The maximum absolute atomic E-state index is 6.33. The summed E-state index contributed by atoms with van der Waals surface area (Å²) >= 11 is 3.49. The van der Waals surface area contributed by atoms with E-state index in [4.69, 9.17) is 10.7 Å². The smallest absolute Gasteiger partial charge is 0.132 e. The van der Waals surface area contributed by atoms with Crippen molar-refractivity contribution in [1.29, 1.82) is 0 Å². The van der Waals surface area contributed by atoms with Gasteiger partial charge in [-0.25, -0.2) is 4.98 Å². The van der Waals surface area contributed by atoms with Crippen LogP contribution in [0.2, 0.25) is 0 Å². The summed E-state index contributed by atoms with van der Waals surface area (Å²) in [7, 11) is 0. The Morgan fingerprint density at radius 1 is 1.32 bits per heavy atom. The van der Waals surface area contributed by atoms with Gasteiger partial charge >= 0.3 is 0 Å². The zero-order valence-electron chi connectivity index (χ0n) is 11.9. The number of nitrogens with two attached hydrogens (primary N) is 1. The Labute approximate surface area is 123 Å². The fourth-order valence-corrected chi connectivity index (χ4v) is 2.71. The molecule has 2 rings (SSSR count). The zero-order valence-corrected chi connectivity index (χ0v) is 13.5. The number of nitrogen functional groups attached to an aromatic ring is 1. The van der Waals surface area contributed by atoms with Gasteiger partial charge in [0, 0.05) is 22.0 Å². The average Bonchev–Trinajstić information content (AvgIpc) is 2.66. The summed E-state index contributed by atoms with van der Waals surface area (Å²) in [6.45, 7) is 8.55. The first-order chi connectivity index (χ1) is 8.84. The van der Waals surface area contributed by atoms with Gasteiger partial charge in [0.25, 0.3) is 0 Å². The van der Waals surface area contributed by atoms with E-state index in [0.29, 0.717) is 0 Å². The molecule has 0 unspecified atom stereocenters. The molecule has 3 nitrogen and oxygen atoms in total. The van der Waals surface area contributed by atoms with Crippen LogP contribution in [0.15, 0.2) is 28.7 Å². The van der Waals surface area contributed by atoms with Crippen LogP contribution in [-0.2, 0) is 12.0 Å². The summed E-state index contributed by atoms with van der Waals surface area (Å²) in [4.78, 5) is 4.72. The fraction of sp³-hybridized carbons (Fsp3) is 0.400. The monoisotopic (exact) mass is 321 g/mol. The standard InChI is InChI=1S/C15H20BrN3/c1-5-12-18-13(10-7-6-8-11(16)9-10)14(17)19(12)15(2,3)4/h6-9H,5,17H2,1-4H3. The Bertz CT molecular complexity index is 594. The molecular formula is C15H20BrN3. The van der Waals surface area contributed by atoms with Gasteiger partial charge in [-0.15, -0.1) is 0 Å². The molecule has 0 aliphatic heterocycles. The molecule has 0 aliphatic rings. The highest BCUT2D eigenvalue weighted by Gasteiger charge is 2.23. The van der Waals surface area contributed by atoms with Gasteiger partial charge in [0.15, 0.2) is 0 Å². The van der Waals surface area contributed by atoms with Crippen LogP contribution in [0, 0.1) is 0 Å². The number of halogens is 1. The largest absolute Gasteiger partial charge is 0.383 e. The second-order valence-corrected chi connectivity index (χ2v) is 6.55. The molecule has 0 aliphatic carbocycles. The van der Waals surface area contributed by atoms with Crippen LogP contribution in [0.4, 0.5) is 5.82 Å². The highest BCUT2D eigenvalue weighted by molar-refractivity contribution is 9.10. The molecule has 0 saturated carbocycles. The highest BCUT2D eigenvalue weighted by Crippen LogP contribution is 2.32. The van der Waals surface area contributed by atoms with Crippen LogP contribution >= 0.6 is 15.9 Å². The molecule has 2 aromatic rings. The molecule has 102 valence electrons. The molecule has 2 N–H and O–H groups in total. The van der Waals surface area contributed by atoms with Crippen molar-refractivity contribution in [3.8, 4) is 11.3 Å². The minimum atomic E-state index is -0.0628. The van der Waals surface area contributed by atoms with Gasteiger partial charge in [-0.05, 0) is 32.9 Å². The van der Waals surface area contributed by atoms with Crippen LogP contribution in [-0.4, -0.2) is 9.55 Å². The Morgan fingerprint density at radius 3 is 2.47 bits per heavy atom. The van der Waals surface area contributed by atoms with Crippen LogP contribution in [0.5, 0.6) is 0 Å². The van der Waals surface area contributed by atoms with Gasteiger partial charge in [-0.3, -0.25) is 0 Å². The van der Waals surface area contributed by atoms with E-state index in [9.17, 15) is 0 Å². The molecule has 4 heteroatoms. The number of aromatic nitrogens is 2. The summed E-state index contributed by atoms with van der Waals surface area (Å²) < 4.78 is 3.16. The first-order valence-corrected chi connectivity index (χ1v) is 7.27. The van der Waals surface area contributed by atoms with E-state index in [1.807, 2.05) is 24.3 Å². The van der Waals surface area contributed by atoms with E-state index >= 15 is 0 Å². The molecule has 1 heterocycles. The fourth-order valence-electron chi connectivity index (χ4n) is 2.32. The number of imidazole rings is 1. The second-order valence-electron chi connectivity index (χ2n) is 5.63. The quantitative estimate of drug-likeness (QED) is 0.900. The van der Waals surface area contributed by atoms with E-state index in [-0.39, 0.29) is 5.54 Å². The molecule has 1 aromatic heterocycles. The van der Waals surface area contributed by atoms with Gasteiger partial charge in [0.1, 0.15) is 17.3 Å². The Hall–Kier alpha value is -1.29. The van der Waals surface area contributed by atoms with Gasteiger partial charge in [-0.1, -0.05) is 35.0 Å². The number of aryl methyl sites for hydroxylation is 1. The third kappa shape index (κ3) is 2.68. The lowest BCUT2D eigenvalue weighted by atomic mass is 10.1. The normalized spacial score (nSPS) is 11.8. The van der Waals surface area contributed by atoms with Crippen molar-refractivity contribution in [1.82, 2.24) is 9.55 Å². The van der Waals surface area contributed by atoms with Crippen molar-refractivity contribution in [3.63, 3.8) is 0 Å². The number of hydrogen-bond acceptors (Lipinski definition) is 2. The summed E-state index contributed by atoms with van der Waals surface area (Å²) in [5, 5.41) is 0. The van der Waals surface area contributed by atoms with Crippen molar-refractivity contribution in [2.24, 2.45) is 0 Å². The van der Waals surface area contributed by atoms with Crippen molar-refractivity contribution >= 4 is 21.7 Å². The van der Waals surface area contributed by atoms with Crippen LogP contribution < -0.4 is 5.73 Å². The molecule has 1 aromatic carbocycles. The third-order valence-electron chi connectivity index (χ3n) is 3.07. The zero-order chi connectivity index (χ0) is 14.2. The number of rotatable bonds is 2. The molecule has 0 radical (unpaired) electrons. The molecule has 0 spiro atoms. The maximum Gasteiger partial charge on any atom is 0.132 e. The number of hydrogen-bond donors (Lipinski definition) is 1. The molecule has 0 saturated heterocycles. The van der Waals surface area contributed by atoms with Crippen molar-refractivity contribution in [2.75, 3.05) is 5.73 Å². The first-order valence-electron chi connectivity index (χ1n) is 6.48. The molecule has 0 atom stereocenters. The van der Waals surface area contributed by atoms with E-state index in [2.05, 4.69) is 48.2 Å². The molecule has 0 fully saturated rings. The Morgan fingerprint density at radius 2 is 2.00 bits per heavy atom. The van der Waals surface area contributed by atoms with Crippen LogP contribution in [0.25, 0.3) is 11.3 Å². The topological polar surface area (TPSA) is 43.8 Å². The number of nitrogens with zero attached hydrogens (tertiary/aromatic N) is 2. The SMILES string of the molecule is CCc1nc(-c2cccc(Br)c2)c(N)n1C(C)(C)C. The summed E-state index contributed by atoms with van der Waals surface area (Å²) in [5.74, 6) is 1.77. The lowest BCUT2D eigenvalue weighted by molar-refractivity contribution is 0.389. The van der Waals surface area contributed by atoms with E-state index in [0.717, 1.165) is 33.8 Å². The second kappa shape index (κ2) is 5.00. The molecule has 0 bridgehead atoms. The van der Waals surface area contributed by atoms with Crippen molar-refractivity contribution < 1.29 is 0 Å².